The Morgan fingerprint density at radius 3 is 2.50 bits per heavy atom. The molecule has 0 spiro atoms. The minimum absolute atomic E-state index is 0.0230. The Kier molecular flexibility index (Phi) is 4.65. The number of hydrogen-bond acceptors (Lipinski definition) is 2. The third-order valence-corrected chi connectivity index (χ3v) is 4.15. The maximum absolute atomic E-state index is 11.8. The molecule has 0 saturated heterocycles. The second kappa shape index (κ2) is 6.27. The maximum atomic E-state index is 11.8. The Morgan fingerprint density at radius 1 is 1.35 bits per heavy atom. The van der Waals surface area contributed by atoms with Crippen LogP contribution in [0.2, 0.25) is 0 Å². The van der Waals surface area contributed by atoms with Gasteiger partial charge in [0.2, 0.25) is 0 Å². The summed E-state index contributed by atoms with van der Waals surface area (Å²) in [5, 5.41) is 15.0. The summed E-state index contributed by atoms with van der Waals surface area (Å²) < 4.78 is 0. The largest absolute Gasteiger partial charge is 0.396 e. The van der Waals surface area contributed by atoms with E-state index in [0.717, 1.165) is 24.8 Å². The molecule has 4 heteroatoms. The molecule has 2 rings (SSSR count). The van der Waals surface area contributed by atoms with Gasteiger partial charge in [-0.05, 0) is 37.3 Å². The second-order valence-electron chi connectivity index (χ2n) is 5.80. The molecule has 1 atom stereocenters. The number of aliphatic hydroxyl groups is 1. The molecule has 0 radical (unpaired) electrons. The molecule has 3 N–H and O–H groups in total. The average Bonchev–Trinajstić information content (AvgIpc) is 3.26. The van der Waals surface area contributed by atoms with Crippen LogP contribution in [0.15, 0.2) is 24.3 Å². The Hall–Kier alpha value is -1.55. The predicted octanol–water partition coefficient (Wildman–Crippen LogP) is 2.38. The van der Waals surface area contributed by atoms with Crippen molar-refractivity contribution in [2.24, 2.45) is 5.41 Å². The van der Waals surface area contributed by atoms with Gasteiger partial charge in [-0.2, -0.15) is 0 Å². The summed E-state index contributed by atoms with van der Waals surface area (Å²) in [6.07, 6.45) is 3.02. The van der Waals surface area contributed by atoms with Crippen LogP contribution in [0, 0.1) is 5.41 Å². The summed E-state index contributed by atoms with van der Waals surface area (Å²) in [6, 6.07) is 8.11. The summed E-state index contributed by atoms with van der Waals surface area (Å²) in [5.74, 6) is 0. The molecule has 1 aromatic carbocycles. The molecule has 0 heterocycles. The Labute approximate surface area is 120 Å². The number of aliphatic hydroxyl groups excluding tert-OH is 1. The van der Waals surface area contributed by atoms with E-state index in [9.17, 15) is 9.90 Å². The van der Waals surface area contributed by atoms with Crippen molar-refractivity contribution in [3.63, 3.8) is 0 Å². The highest BCUT2D eigenvalue weighted by atomic mass is 16.3. The highest BCUT2D eigenvalue weighted by molar-refractivity contribution is 5.74. The lowest BCUT2D eigenvalue weighted by molar-refractivity contribution is 0.202. The van der Waals surface area contributed by atoms with Gasteiger partial charge in [-0.25, -0.2) is 4.79 Å². The maximum Gasteiger partial charge on any atom is 0.315 e. The number of hydrogen-bond donors (Lipinski definition) is 3. The molecule has 1 saturated carbocycles. The molecule has 1 aliphatic rings. The van der Waals surface area contributed by atoms with E-state index in [-0.39, 0.29) is 24.1 Å². The lowest BCUT2D eigenvalue weighted by atomic mass is 10.1. The van der Waals surface area contributed by atoms with Crippen molar-refractivity contribution in [2.75, 3.05) is 13.2 Å². The van der Waals surface area contributed by atoms with E-state index in [1.54, 1.807) is 0 Å². The lowest BCUT2D eigenvalue weighted by Gasteiger charge is -2.17. The Morgan fingerprint density at radius 2 is 2.00 bits per heavy atom. The van der Waals surface area contributed by atoms with Crippen LogP contribution in [-0.2, 0) is 6.42 Å². The Balaban J connectivity index is 1.80. The molecule has 0 bridgehead atoms. The number of aryl methyl sites for hydroxylation is 1. The van der Waals surface area contributed by atoms with Crippen molar-refractivity contribution in [1.82, 2.24) is 10.6 Å². The average molecular weight is 276 g/mol. The lowest BCUT2D eigenvalue weighted by Crippen LogP contribution is -2.40. The van der Waals surface area contributed by atoms with E-state index in [4.69, 9.17) is 0 Å². The quantitative estimate of drug-likeness (QED) is 0.747. The van der Waals surface area contributed by atoms with Gasteiger partial charge in [-0.1, -0.05) is 31.2 Å². The molecule has 1 fully saturated rings. The molecular weight excluding hydrogens is 252 g/mol. The van der Waals surface area contributed by atoms with Crippen molar-refractivity contribution in [2.45, 2.75) is 39.2 Å². The highest BCUT2D eigenvalue weighted by Crippen LogP contribution is 2.44. The van der Waals surface area contributed by atoms with Crippen LogP contribution in [0.25, 0.3) is 0 Å². The topological polar surface area (TPSA) is 61.4 Å². The van der Waals surface area contributed by atoms with Crippen molar-refractivity contribution in [3.8, 4) is 0 Å². The normalized spacial score (nSPS) is 17.4. The molecule has 1 unspecified atom stereocenters. The van der Waals surface area contributed by atoms with Gasteiger partial charge in [0.15, 0.2) is 0 Å². The van der Waals surface area contributed by atoms with Crippen molar-refractivity contribution >= 4 is 6.03 Å². The van der Waals surface area contributed by atoms with Crippen molar-refractivity contribution in [1.29, 1.82) is 0 Å². The number of benzene rings is 1. The SMILES string of the molecule is CCc1ccc(C(C)NC(=O)NCC2(CO)CC2)cc1. The fourth-order valence-electron chi connectivity index (χ4n) is 2.21. The zero-order chi connectivity index (χ0) is 14.6. The minimum atomic E-state index is -0.170. The first kappa shape index (κ1) is 14.9. The van der Waals surface area contributed by atoms with Gasteiger partial charge < -0.3 is 15.7 Å². The smallest absolute Gasteiger partial charge is 0.315 e. The van der Waals surface area contributed by atoms with Gasteiger partial charge >= 0.3 is 6.03 Å². The van der Waals surface area contributed by atoms with Gasteiger partial charge in [0.05, 0.1) is 12.6 Å². The first-order valence-electron chi connectivity index (χ1n) is 7.32. The zero-order valence-corrected chi connectivity index (χ0v) is 12.3. The van der Waals surface area contributed by atoms with E-state index in [1.165, 1.54) is 5.56 Å². The molecule has 1 aliphatic carbocycles. The summed E-state index contributed by atoms with van der Waals surface area (Å²) in [7, 11) is 0. The number of urea groups is 1. The van der Waals surface area contributed by atoms with E-state index < -0.39 is 0 Å². The molecule has 4 nitrogen and oxygen atoms in total. The van der Waals surface area contributed by atoms with Crippen LogP contribution >= 0.6 is 0 Å². The monoisotopic (exact) mass is 276 g/mol. The van der Waals surface area contributed by atoms with E-state index >= 15 is 0 Å². The molecule has 0 aliphatic heterocycles. The van der Waals surface area contributed by atoms with E-state index in [2.05, 4.69) is 41.8 Å². The fraction of sp³-hybridized carbons (Fsp3) is 0.562. The highest BCUT2D eigenvalue weighted by Gasteiger charge is 2.42. The van der Waals surface area contributed by atoms with Crippen molar-refractivity contribution < 1.29 is 9.90 Å². The molecule has 2 amide bonds. The number of nitrogens with one attached hydrogen (secondary N) is 2. The molecule has 0 aromatic heterocycles. The molecular formula is C16H24N2O2. The van der Waals surface area contributed by atoms with Gasteiger partial charge in [0, 0.05) is 12.0 Å². The van der Waals surface area contributed by atoms with Gasteiger partial charge in [0.1, 0.15) is 0 Å². The molecule has 20 heavy (non-hydrogen) atoms. The van der Waals surface area contributed by atoms with Crippen LogP contribution in [0.5, 0.6) is 0 Å². The molecule has 110 valence electrons. The van der Waals surface area contributed by atoms with Gasteiger partial charge in [0.25, 0.3) is 0 Å². The number of carbonyl (C=O) groups is 1. The number of rotatable bonds is 6. The summed E-state index contributed by atoms with van der Waals surface area (Å²) in [4.78, 5) is 11.8. The Bertz CT molecular complexity index is 452. The third-order valence-electron chi connectivity index (χ3n) is 4.15. The van der Waals surface area contributed by atoms with Crippen LogP contribution in [-0.4, -0.2) is 24.3 Å². The standard InChI is InChI=1S/C16H24N2O2/c1-3-13-4-6-14(7-5-13)12(2)18-15(20)17-10-16(11-19)8-9-16/h4-7,12,19H,3,8-11H2,1-2H3,(H2,17,18,20). The number of carbonyl (C=O) groups excluding carboxylic acids is 1. The van der Waals surface area contributed by atoms with E-state index in [0.29, 0.717) is 6.54 Å². The van der Waals surface area contributed by atoms with E-state index in [1.807, 2.05) is 6.92 Å². The fourth-order valence-corrected chi connectivity index (χ4v) is 2.21. The predicted molar refractivity (Wildman–Crippen MR) is 79.5 cm³/mol. The third kappa shape index (κ3) is 3.73. The first-order chi connectivity index (χ1) is 9.58. The van der Waals surface area contributed by atoms with Gasteiger partial charge in [-0.3, -0.25) is 0 Å². The van der Waals surface area contributed by atoms with Crippen molar-refractivity contribution in [3.05, 3.63) is 35.4 Å². The second-order valence-corrected chi connectivity index (χ2v) is 5.80. The van der Waals surface area contributed by atoms with Crippen LogP contribution < -0.4 is 10.6 Å². The van der Waals surface area contributed by atoms with Gasteiger partial charge in [-0.15, -0.1) is 0 Å². The minimum Gasteiger partial charge on any atom is -0.396 e. The van der Waals surface area contributed by atoms with Crippen LogP contribution in [0.3, 0.4) is 0 Å². The summed E-state index contributed by atoms with van der Waals surface area (Å²) >= 11 is 0. The zero-order valence-electron chi connectivity index (χ0n) is 12.3. The first-order valence-corrected chi connectivity index (χ1v) is 7.32. The summed E-state index contributed by atoms with van der Waals surface area (Å²) in [6.45, 7) is 4.80. The summed E-state index contributed by atoms with van der Waals surface area (Å²) in [5.41, 5.74) is 2.34. The van der Waals surface area contributed by atoms with Crippen LogP contribution in [0.1, 0.15) is 43.9 Å². The van der Waals surface area contributed by atoms with Crippen LogP contribution in [0.4, 0.5) is 4.79 Å². The number of amides is 2. The molecule has 1 aromatic rings.